The summed E-state index contributed by atoms with van der Waals surface area (Å²) in [5, 5.41) is 2.90. The lowest BCUT2D eigenvalue weighted by Crippen LogP contribution is -2.38. The highest BCUT2D eigenvalue weighted by atomic mass is 19.4. The lowest BCUT2D eigenvalue weighted by Gasteiger charge is -2.31. The number of anilines is 1. The van der Waals surface area contributed by atoms with Gasteiger partial charge in [-0.2, -0.15) is 13.2 Å². The number of nitrogens with zero attached hydrogens (tertiary/aromatic N) is 1. The Kier molecular flexibility index (Phi) is 5.00. The van der Waals surface area contributed by atoms with Gasteiger partial charge >= 0.3 is 6.18 Å². The zero-order chi connectivity index (χ0) is 20.8. The van der Waals surface area contributed by atoms with E-state index in [9.17, 15) is 22.4 Å². The van der Waals surface area contributed by atoms with Crippen molar-refractivity contribution in [3.05, 3.63) is 65.0 Å². The Hall–Kier alpha value is -2.57. The topological polar surface area (TPSA) is 32.3 Å². The van der Waals surface area contributed by atoms with Crippen LogP contribution < -0.4 is 10.2 Å². The van der Waals surface area contributed by atoms with E-state index in [4.69, 9.17) is 0 Å². The summed E-state index contributed by atoms with van der Waals surface area (Å²) in [5.74, 6) is -0.542. The monoisotopic (exact) mass is 406 g/mol. The van der Waals surface area contributed by atoms with Gasteiger partial charge in [0.05, 0.1) is 17.6 Å². The summed E-state index contributed by atoms with van der Waals surface area (Å²) in [7, 11) is 0. The van der Waals surface area contributed by atoms with Crippen molar-refractivity contribution in [2.75, 3.05) is 11.4 Å². The molecule has 4 rings (SSSR count). The van der Waals surface area contributed by atoms with Crippen LogP contribution in [0.5, 0.6) is 0 Å². The van der Waals surface area contributed by atoms with Crippen LogP contribution in [0, 0.1) is 5.82 Å². The molecule has 29 heavy (non-hydrogen) atoms. The molecule has 0 unspecified atom stereocenters. The zero-order valence-electron chi connectivity index (χ0n) is 16.0. The van der Waals surface area contributed by atoms with Crippen molar-refractivity contribution >= 4 is 11.6 Å². The molecule has 1 N–H and O–H groups in total. The van der Waals surface area contributed by atoms with Crippen LogP contribution in [0.3, 0.4) is 0 Å². The molecule has 1 heterocycles. The average Bonchev–Trinajstić information content (AvgIpc) is 3.41. The second-order valence-electron chi connectivity index (χ2n) is 7.87. The fraction of sp³-hybridized carbons (Fsp3) is 0.409. The Morgan fingerprint density at radius 1 is 1.03 bits per heavy atom. The minimum absolute atomic E-state index is 0.168. The van der Waals surface area contributed by atoms with Crippen LogP contribution in [0.4, 0.5) is 23.2 Å². The molecule has 2 atom stereocenters. The molecule has 1 aliphatic heterocycles. The summed E-state index contributed by atoms with van der Waals surface area (Å²) >= 11 is 0. The Morgan fingerprint density at radius 2 is 1.69 bits per heavy atom. The highest BCUT2D eigenvalue weighted by Gasteiger charge is 2.38. The first-order chi connectivity index (χ1) is 13.7. The van der Waals surface area contributed by atoms with Crippen LogP contribution in [-0.2, 0) is 11.0 Å². The smallest absolute Gasteiger partial charge is 0.362 e. The molecule has 154 valence electrons. The molecule has 7 heteroatoms. The number of hydrogen-bond donors (Lipinski definition) is 1. The standard InChI is InChI=1S/C22H22F4N2O/c1-13(29)27-20-8-9-28(19-11-17(22(24,25)26)10-18(23)12-19)21(20)16-6-4-15(5-7-16)14-2-3-14/h4-7,10-12,14,20-21H,2-3,8-9H2,1H3,(H,27,29)/t20-,21-/m1/s1. The molecule has 1 aliphatic carbocycles. The maximum Gasteiger partial charge on any atom is 0.416 e. The molecule has 1 amide bonds. The Labute approximate surface area is 166 Å². The normalized spacial score (nSPS) is 22.0. The molecule has 0 spiro atoms. The van der Waals surface area contributed by atoms with E-state index in [0.29, 0.717) is 24.9 Å². The largest absolute Gasteiger partial charge is 0.416 e. The van der Waals surface area contributed by atoms with Gasteiger partial charge < -0.3 is 10.2 Å². The van der Waals surface area contributed by atoms with Gasteiger partial charge in [-0.1, -0.05) is 24.3 Å². The van der Waals surface area contributed by atoms with E-state index in [1.54, 1.807) is 4.90 Å². The molecular formula is C22H22F4N2O. The number of halogens is 4. The summed E-state index contributed by atoms with van der Waals surface area (Å²) in [6.07, 6.45) is -1.72. The third-order valence-corrected chi connectivity index (χ3v) is 5.65. The van der Waals surface area contributed by atoms with Gasteiger partial charge in [0, 0.05) is 19.2 Å². The number of carbonyl (C=O) groups is 1. The van der Waals surface area contributed by atoms with Crippen LogP contribution in [0.15, 0.2) is 42.5 Å². The number of rotatable bonds is 4. The fourth-order valence-corrected chi connectivity index (χ4v) is 4.19. The summed E-state index contributed by atoms with van der Waals surface area (Å²) in [4.78, 5) is 13.4. The van der Waals surface area contributed by atoms with Gasteiger partial charge in [0.25, 0.3) is 0 Å². The van der Waals surface area contributed by atoms with Gasteiger partial charge in [0.15, 0.2) is 0 Å². The third kappa shape index (κ3) is 4.23. The number of alkyl halides is 3. The summed E-state index contributed by atoms with van der Waals surface area (Å²) < 4.78 is 53.6. The lowest BCUT2D eigenvalue weighted by atomic mass is 9.97. The van der Waals surface area contributed by atoms with E-state index < -0.39 is 17.6 Å². The first-order valence-corrected chi connectivity index (χ1v) is 9.74. The fourth-order valence-electron chi connectivity index (χ4n) is 4.19. The van der Waals surface area contributed by atoms with E-state index in [-0.39, 0.29) is 23.7 Å². The number of carbonyl (C=O) groups excluding carboxylic acids is 1. The van der Waals surface area contributed by atoms with Crippen molar-refractivity contribution in [3.8, 4) is 0 Å². The van der Waals surface area contributed by atoms with E-state index in [1.807, 2.05) is 24.3 Å². The van der Waals surface area contributed by atoms with Crippen molar-refractivity contribution in [2.45, 2.75) is 50.4 Å². The SMILES string of the molecule is CC(=O)N[C@@H]1CCN(c2cc(F)cc(C(F)(F)F)c2)[C@@H]1c1ccc(C2CC2)cc1. The van der Waals surface area contributed by atoms with Gasteiger partial charge in [-0.25, -0.2) is 4.39 Å². The summed E-state index contributed by atoms with van der Waals surface area (Å²) in [6, 6.07) is 9.99. The van der Waals surface area contributed by atoms with E-state index >= 15 is 0 Å². The molecule has 2 fully saturated rings. The molecule has 0 bridgehead atoms. The predicted octanol–water partition coefficient (Wildman–Crippen LogP) is 5.18. The van der Waals surface area contributed by atoms with Crippen molar-refractivity contribution < 1.29 is 22.4 Å². The van der Waals surface area contributed by atoms with Crippen molar-refractivity contribution in [1.29, 1.82) is 0 Å². The van der Waals surface area contributed by atoms with E-state index in [0.717, 1.165) is 17.7 Å². The maximum absolute atomic E-state index is 14.0. The van der Waals surface area contributed by atoms with Gasteiger partial charge in [-0.05, 0) is 54.5 Å². The number of hydrogen-bond acceptors (Lipinski definition) is 2. The van der Waals surface area contributed by atoms with E-state index in [1.165, 1.54) is 25.3 Å². The second-order valence-corrected chi connectivity index (χ2v) is 7.87. The second kappa shape index (κ2) is 7.35. The highest BCUT2D eigenvalue weighted by Crippen LogP contribution is 2.42. The zero-order valence-corrected chi connectivity index (χ0v) is 16.0. The molecular weight excluding hydrogens is 384 g/mol. The molecule has 2 aromatic rings. The van der Waals surface area contributed by atoms with Crippen LogP contribution in [-0.4, -0.2) is 18.5 Å². The number of benzene rings is 2. The quantitative estimate of drug-likeness (QED) is 0.710. The van der Waals surface area contributed by atoms with Crippen molar-refractivity contribution in [3.63, 3.8) is 0 Å². The molecule has 0 radical (unpaired) electrons. The maximum atomic E-state index is 14.0. The number of nitrogens with one attached hydrogen (secondary N) is 1. The Morgan fingerprint density at radius 3 is 2.28 bits per heavy atom. The summed E-state index contributed by atoms with van der Waals surface area (Å²) in [6.45, 7) is 1.83. The molecule has 3 nitrogen and oxygen atoms in total. The van der Waals surface area contributed by atoms with E-state index in [2.05, 4.69) is 5.32 Å². The van der Waals surface area contributed by atoms with Gasteiger partial charge in [0.2, 0.25) is 5.91 Å². The van der Waals surface area contributed by atoms with Gasteiger partial charge in [-0.3, -0.25) is 4.79 Å². The molecule has 1 saturated carbocycles. The minimum Gasteiger partial charge on any atom is -0.362 e. The molecule has 0 aromatic heterocycles. The molecule has 2 aliphatic rings. The molecule has 1 saturated heterocycles. The van der Waals surface area contributed by atoms with Crippen LogP contribution >= 0.6 is 0 Å². The molecule has 2 aromatic carbocycles. The first-order valence-electron chi connectivity index (χ1n) is 9.74. The first kappa shape index (κ1) is 19.7. The number of amides is 1. The lowest BCUT2D eigenvalue weighted by molar-refractivity contribution is -0.137. The Bertz CT molecular complexity index is 906. The third-order valence-electron chi connectivity index (χ3n) is 5.65. The highest BCUT2D eigenvalue weighted by molar-refractivity contribution is 5.73. The van der Waals surface area contributed by atoms with Gasteiger partial charge in [0.1, 0.15) is 5.82 Å². The minimum atomic E-state index is -4.63. The Balaban J connectivity index is 1.71. The van der Waals surface area contributed by atoms with Crippen molar-refractivity contribution in [2.24, 2.45) is 0 Å². The average molecular weight is 406 g/mol. The van der Waals surface area contributed by atoms with Gasteiger partial charge in [-0.15, -0.1) is 0 Å². The predicted molar refractivity (Wildman–Crippen MR) is 102 cm³/mol. The van der Waals surface area contributed by atoms with Crippen molar-refractivity contribution in [1.82, 2.24) is 5.32 Å². The summed E-state index contributed by atoms with van der Waals surface area (Å²) in [5.41, 5.74) is 1.29. The van der Waals surface area contributed by atoms with Crippen LogP contribution in [0.1, 0.15) is 54.8 Å². The van der Waals surface area contributed by atoms with Crippen LogP contribution in [0.25, 0.3) is 0 Å². The van der Waals surface area contributed by atoms with Crippen LogP contribution in [0.2, 0.25) is 0 Å².